The quantitative estimate of drug-likeness (QED) is 0.0891. The minimum absolute atomic E-state index is 0.0235. The second-order valence-electron chi connectivity index (χ2n) is 18.1. The fourth-order valence-electron chi connectivity index (χ4n) is 9.53. The van der Waals surface area contributed by atoms with E-state index in [1.54, 1.807) is 9.80 Å². The van der Waals surface area contributed by atoms with Crippen LogP contribution in [-0.4, -0.2) is 138 Å². The number of imidazole rings is 2. The second-order valence-corrected chi connectivity index (χ2v) is 18.1. The summed E-state index contributed by atoms with van der Waals surface area (Å²) in [5.74, 6) is 1.68. The molecule has 16 nitrogen and oxygen atoms in total. The van der Waals surface area contributed by atoms with Crippen molar-refractivity contribution in [3.63, 3.8) is 0 Å². The Bertz CT molecular complexity index is 2430. The van der Waals surface area contributed by atoms with Gasteiger partial charge in [-0.25, -0.2) is 19.6 Å². The number of aromatic nitrogens is 4. The number of hydroxylamine groups is 2. The number of fused-ring (bicyclic) bond motifs is 2. The molecule has 6 atom stereocenters. The Kier molecular flexibility index (Phi) is 12.4. The van der Waals surface area contributed by atoms with Crippen LogP contribution >= 0.6 is 0 Å². The molecule has 63 heavy (non-hydrogen) atoms. The molecular weight excluding hydrogens is 801 g/mol. The summed E-state index contributed by atoms with van der Waals surface area (Å²) in [6.45, 7) is 9.47. The van der Waals surface area contributed by atoms with Crippen LogP contribution in [0.15, 0.2) is 60.7 Å². The summed E-state index contributed by atoms with van der Waals surface area (Å²) < 4.78 is 0. The van der Waals surface area contributed by atoms with Gasteiger partial charge in [-0.15, -0.1) is 0 Å². The maximum Gasteiger partial charge on any atom is 0.318 e. The fourth-order valence-corrected chi connectivity index (χ4v) is 9.53. The number of benzene rings is 3. The third-order valence-corrected chi connectivity index (χ3v) is 13.4. The molecule has 0 radical (unpaired) electrons. The van der Waals surface area contributed by atoms with Crippen molar-refractivity contribution in [1.29, 1.82) is 0 Å². The minimum atomic E-state index is -0.647. The summed E-state index contributed by atoms with van der Waals surface area (Å²) in [5, 5.41) is 27.8. The van der Waals surface area contributed by atoms with Crippen LogP contribution in [-0.2, 0) is 9.63 Å². The van der Waals surface area contributed by atoms with Gasteiger partial charge >= 0.3 is 12.1 Å². The normalized spacial score (nSPS) is 22.8. The number of carbonyl (C=O) groups excluding carboxylic acids is 3. The highest BCUT2D eigenvalue weighted by atomic mass is 16.7. The van der Waals surface area contributed by atoms with Crippen molar-refractivity contribution in [3.8, 4) is 22.3 Å². The van der Waals surface area contributed by atoms with Gasteiger partial charge in [0.2, 0.25) is 5.91 Å². The van der Waals surface area contributed by atoms with Gasteiger partial charge in [-0.2, -0.15) is 5.06 Å². The Labute approximate surface area is 367 Å². The third-order valence-electron chi connectivity index (χ3n) is 13.4. The Morgan fingerprint density at radius 2 is 1.24 bits per heavy atom. The number of hydrogen-bond acceptors (Lipinski definition) is 9. The van der Waals surface area contributed by atoms with Crippen LogP contribution in [0.1, 0.15) is 89.4 Å². The maximum absolute atomic E-state index is 13.8. The van der Waals surface area contributed by atoms with Crippen LogP contribution in [0.3, 0.4) is 0 Å². The number of likely N-dealkylation sites (tertiary alicyclic amines) is 3. The lowest BCUT2D eigenvalue weighted by atomic mass is 10.00. The van der Waals surface area contributed by atoms with Crippen molar-refractivity contribution in [2.45, 2.75) is 102 Å². The van der Waals surface area contributed by atoms with Gasteiger partial charge in [0.15, 0.2) is 0 Å². The number of nitrogens with one attached hydrogen (secondary N) is 4. The molecule has 5 amide bonds. The van der Waals surface area contributed by atoms with Crippen molar-refractivity contribution in [1.82, 2.24) is 50.3 Å². The molecule has 0 bridgehead atoms. The van der Waals surface area contributed by atoms with E-state index in [1.807, 2.05) is 23.0 Å². The molecule has 3 aromatic carbocycles. The van der Waals surface area contributed by atoms with Gasteiger partial charge < -0.3 is 45.5 Å². The fraction of sp³-hybridized carbons (Fsp3) is 0.511. The van der Waals surface area contributed by atoms with E-state index in [9.17, 15) is 24.6 Å². The van der Waals surface area contributed by atoms with E-state index in [4.69, 9.17) is 14.8 Å². The molecule has 6 N–H and O–H groups in total. The number of β-amino-alcohol motifs (C(OH)–C–C–N with tert-alkyl or cyclic N) is 2. The number of nitrogens with zero attached hydrogens (tertiary/aromatic N) is 6. The van der Waals surface area contributed by atoms with Crippen LogP contribution < -0.4 is 10.6 Å². The average Bonchev–Trinajstić information content (AvgIpc) is 4.15. The molecule has 4 aliphatic heterocycles. The number of amides is 5. The highest BCUT2D eigenvalue weighted by Crippen LogP contribution is 2.35. The largest absolute Gasteiger partial charge is 0.391 e. The van der Waals surface area contributed by atoms with E-state index in [0.29, 0.717) is 52.0 Å². The van der Waals surface area contributed by atoms with E-state index in [0.717, 1.165) is 88.2 Å². The molecule has 4 saturated heterocycles. The number of aliphatic hydroxyl groups is 2. The average molecular weight is 861 g/mol. The SMILES string of the molecule is CC[C@H](NC(=O)N1CC[C@H](O)C1)C(=O)N1CCC[C@H]1c1nc2ccc(-c3ccc(-c4ccc5nc([C@@H]6CCCN6OC[C@@H](NC(=O)N6CC[C@H](O)C6)C(C)C)[nH]c5c4)cc3)cc2[nH]1. The molecule has 4 aliphatic rings. The molecule has 334 valence electrons. The van der Waals surface area contributed by atoms with Gasteiger partial charge in [0.25, 0.3) is 0 Å². The molecule has 0 saturated carbocycles. The predicted octanol–water partition coefficient (Wildman–Crippen LogP) is 5.86. The Hall–Kier alpha value is -5.55. The van der Waals surface area contributed by atoms with E-state index < -0.39 is 18.2 Å². The van der Waals surface area contributed by atoms with Crippen LogP contribution in [0.2, 0.25) is 0 Å². The molecular formula is C47H60N10O6. The molecule has 4 fully saturated rings. The van der Waals surface area contributed by atoms with Gasteiger partial charge in [-0.1, -0.05) is 57.2 Å². The van der Waals surface area contributed by atoms with Crippen LogP contribution in [0, 0.1) is 5.92 Å². The summed E-state index contributed by atoms with van der Waals surface area (Å²) in [7, 11) is 0. The van der Waals surface area contributed by atoms with Crippen LogP contribution in [0.4, 0.5) is 9.59 Å². The van der Waals surface area contributed by atoms with Crippen LogP contribution in [0.25, 0.3) is 44.3 Å². The Balaban J connectivity index is 0.840. The molecule has 5 aromatic rings. The number of hydrogen-bond donors (Lipinski definition) is 6. The summed E-state index contributed by atoms with van der Waals surface area (Å²) >= 11 is 0. The van der Waals surface area contributed by atoms with Crippen molar-refractivity contribution in [2.75, 3.05) is 45.9 Å². The smallest absolute Gasteiger partial charge is 0.318 e. The zero-order chi connectivity index (χ0) is 43.8. The maximum atomic E-state index is 13.8. The minimum Gasteiger partial charge on any atom is -0.391 e. The monoisotopic (exact) mass is 860 g/mol. The highest BCUT2D eigenvalue weighted by molar-refractivity contribution is 5.88. The van der Waals surface area contributed by atoms with E-state index in [1.165, 1.54) is 0 Å². The highest BCUT2D eigenvalue weighted by Gasteiger charge is 2.37. The zero-order valence-electron chi connectivity index (χ0n) is 36.4. The predicted molar refractivity (Wildman–Crippen MR) is 239 cm³/mol. The number of aliphatic hydroxyl groups excluding tert-OH is 2. The summed E-state index contributed by atoms with van der Waals surface area (Å²) in [4.78, 5) is 68.0. The van der Waals surface area contributed by atoms with Crippen LogP contribution in [0.5, 0.6) is 0 Å². The standard InChI is InChI=1S/C47H60N10O6/c1-4-35(52-46(61)54-21-17-33(58)25-54)45(60)56-19-5-7-41(56)43-48-36-15-13-31(23-38(36)50-43)29-9-11-30(12-10-29)32-14-16-37-39(24-32)51-44(49-37)42-8-6-20-57(42)63-27-40(28(2)3)53-47(62)55-22-18-34(59)26-55/h9-16,23-24,28,33-35,40-42,58-59H,4-8,17-22,25-27H2,1-3H3,(H,48,50)(H,49,51)(H,52,61)(H,53,62)/t33-,34-,35-,40+,41-,42-/m0/s1. The molecule has 0 unspecified atom stereocenters. The van der Waals surface area contributed by atoms with Gasteiger partial charge in [0.1, 0.15) is 17.7 Å². The third kappa shape index (κ3) is 9.12. The summed E-state index contributed by atoms with van der Waals surface area (Å²) in [6, 6.07) is 19.5. The molecule has 6 heterocycles. The number of aromatic amines is 2. The lowest BCUT2D eigenvalue weighted by Crippen LogP contribution is -2.51. The first kappa shape index (κ1) is 42.7. The molecule has 2 aromatic heterocycles. The lowest BCUT2D eigenvalue weighted by Gasteiger charge is -2.29. The molecule has 16 heteroatoms. The molecule has 0 aliphatic carbocycles. The zero-order valence-corrected chi connectivity index (χ0v) is 36.4. The van der Waals surface area contributed by atoms with E-state index >= 15 is 0 Å². The molecule has 9 rings (SSSR count). The summed E-state index contributed by atoms with van der Waals surface area (Å²) in [6.07, 6.45) is 4.18. The van der Waals surface area contributed by atoms with Gasteiger partial charge in [-0.3, -0.25) is 9.63 Å². The first-order chi connectivity index (χ1) is 30.5. The second kappa shape index (κ2) is 18.3. The first-order valence-electron chi connectivity index (χ1n) is 22.8. The van der Waals surface area contributed by atoms with Crippen molar-refractivity contribution >= 4 is 40.0 Å². The number of rotatable bonds is 12. The van der Waals surface area contributed by atoms with E-state index in [-0.39, 0.29) is 48.6 Å². The van der Waals surface area contributed by atoms with Gasteiger partial charge in [-0.05, 0) is 97.4 Å². The summed E-state index contributed by atoms with van der Waals surface area (Å²) in [5.41, 5.74) is 7.87. The number of urea groups is 2. The van der Waals surface area contributed by atoms with Gasteiger partial charge in [0.05, 0.1) is 59.0 Å². The van der Waals surface area contributed by atoms with Crippen molar-refractivity contribution in [3.05, 3.63) is 72.3 Å². The van der Waals surface area contributed by atoms with E-state index in [2.05, 4.69) is 89.0 Å². The lowest BCUT2D eigenvalue weighted by molar-refractivity contribution is -0.178. The van der Waals surface area contributed by atoms with Gasteiger partial charge in [0, 0.05) is 39.3 Å². The number of H-pyrrole nitrogens is 2. The Morgan fingerprint density at radius 3 is 1.78 bits per heavy atom. The topological polar surface area (TPSA) is 195 Å². The van der Waals surface area contributed by atoms with Crippen molar-refractivity contribution in [2.24, 2.45) is 5.92 Å². The first-order valence-corrected chi connectivity index (χ1v) is 22.8. The Morgan fingerprint density at radius 1 is 0.714 bits per heavy atom. The molecule has 0 spiro atoms. The van der Waals surface area contributed by atoms with Crippen molar-refractivity contribution < 1.29 is 29.4 Å². The number of carbonyl (C=O) groups is 3.